The molecule has 17 heavy (non-hydrogen) atoms. The van der Waals surface area contributed by atoms with Gasteiger partial charge in [-0.2, -0.15) is 0 Å². The molecular weight excluding hydrogens is 220 g/mol. The molecule has 1 aliphatic heterocycles. The molecule has 4 heteroatoms. The second kappa shape index (κ2) is 5.08. The third-order valence-corrected chi connectivity index (χ3v) is 2.86. The summed E-state index contributed by atoms with van der Waals surface area (Å²) in [6.07, 6.45) is 1.69. The van der Waals surface area contributed by atoms with Gasteiger partial charge in [-0.25, -0.2) is 0 Å². The molecule has 92 valence electrons. The molecular formula is C13H16O4. The van der Waals surface area contributed by atoms with Gasteiger partial charge in [-0.15, -0.1) is 0 Å². The number of hydrogen-bond acceptors (Lipinski definition) is 4. The Bertz CT molecular complexity index is 414. The topological polar surface area (TPSA) is 44.8 Å². The van der Waals surface area contributed by atoms with Crippen LogP contribution in [0.15, 0.2) is 18.2 Å². The summed E-state index contributed by atoms with van der Waals surface area (Å²) in [6.45, 7) is 2.29. The number of carbonyl (C=O) groups is 1. The molecule has 0 fully saturated rings. The number of ether oxygens (including phenoxy) is 3. The van der Waals surface area contributed by atoms with Crippen LogP contribution >= 0.6 is 0 Å². The van der Waals surface area contributed by atoms with Gasteiger partial charge in [0, 0.05) is 0 Å². The molecule has 1 unspecified atom stereocenters. The van der Waals surface area contributed by atoms with E-state index in [0.717, 1.165) is 24.2 Å². The molecule has 0 aliphatic carbocycles. The zero-order valence-corrected chi connectivity index (χ0v) is 10.1. The Labute approximate surface area is 100 Å². The van der Waals surface area contributed by atoms with E-state index in [4.69, 9.17) is 14.2 Å². The number of hydrogen-bond donors (Lipinski definition) is 0. The van der Waals surface area contributed by atoms with Gasteiger partial charge >= 0.3 is 5.97 Å². The van der Waals surface area contributed by atoms with Crippen LogP contribution in [0.5, 0.6) is 11.5 Å². The van der Waals surface area contributed by atoms with E-state index in [0.29, 0.717) is 5.75 Å². The van der Waals surface area contributed by atoms with Crippen molar-refractivity contribution in [2.45, 2.75) is 25.7 Å². The van der Waals surface area contributed by atoms with E-state index < -0.39 is 0 Å². The van der Waals surface area contributed by atoms with Gasteiger partial charge in [0.05, 0.1) is 13.0 Å². The molecule has 0 aromatic heterocycles. The molecule has 0 spiro atoms. The molecule has 1 atom stereocenters. The van der Waals surface area contributed by atoms with Crippen molar-refractivity contribution in [2.24, 2.45) is 0 Å². The lowest BCUT2D eigenvalue weighted by atomic mass is 9.94. The fraction of sp³-hybridized carbons (Fsp3) is 0.462. The second-order valence-electron chi connectivity index (χ2n) is 3.98. The van der Waals surface area contributed by atoms with Crippen LogP contribution in [-0.4, -0.2) is 19.9 Å². The molecule has 1 heterocycles. The predicted octanol–water partition coefficient (Wildman–Crippen LogP) is 2.47. The third-order valence-electron chi connectivity index (χ3n) is 2.86. The Hall–Kier alpha value is -1.71. The summed E-state index contributed by atoms with van der Waals surface area (Å²) in [5.41, 5.74) is 0.919. The minimum Gasteiger partial charge on any atom is -0.469 e. The maximum Gasteiger partial charge on any atom is 0.313 e. The Morgan fingerprint density at radius 2 is 2.18 bits per heavy atom. The zero-order chi connectivity index (χ0) is 12.3. The van der Waals surface area contributed by atoms with Crippen molar-refractivity contribution in [1.29, 1.82) is 0 Å². The smallest absolute Gasteiger partial charge is 0.313 e. The van der Waals surface area contributed by atoms with Gasteiger partial charge < -0.3 is 14.2 Å². The molecule has 1 aromatic rings. The highest BCUT2D eigenvalue weighted by Gasteiger charge is 2.23. The van der Waals surface area contributed by atoms with E-state index in [1.807, 2.05) is 25.1 Å². The van der Waals surface area contributed by atoms with Crippen molar-refractivity contribution < 1.29 is 19.0 Å². The van der Waals surface area contributed by atoms with Crippen LogP contribution in [0.1, 0.15) is 31.2 Å². The van der Waals surface area contributed by atoms with Crippen molar-refractivity contribution >= 4 is 5.97 Å². The van der Waals surface area contributed by atoms with Gasteiger partial charge in [-0.05, 0) is 24.1 Å². The quantitative estimate of drug-likeness (QED) is 0.753. The van der Waals surface area contributed by atoms with Crippen LogP contribution in [-0.2, 0) is 9.53 Å². The van der Waals surface area contributed by atoms with E-state index in [1.165, 1.54) is 7.11 Å². The average molecular weight is 236 g/mol. The molecule has 2 rings (SSSR count). The first-order chi connectivity index (χ1) is 8.26. The van der Waals surface area contributed by atoms with Crippen molar-refractivity contribution in [1.82, 2.24) is 0 Å². The first-order valence-corrected chi connectivity index (χ1v) is 5.73. The van der Waals surface area contributed by atoms with Gasteiger partial charge in [0.25, 0.3) is 0 Å². The molecule has 0 saturated carbocycles. The lowest BCUT2D eigenvalue weighted by molar-refractivity contribution is -0.142. The SMILES string of the molecule is CCCC(C(=O)OC)c1ccc2c(c1)OCO2. The first kappa shape index (κ1) is 11.8. The molecule has 4 nitrogen and oxygen atoms in total. The highest BCUT2D eigenvalue weighted by atomic mass is 16.7. The minimum atomic E-state index is -0.223. The number of benzene rings is 1. The van der Waals surface area contributed by atoms with E-state index in [9.17, 15) is 4.79 Å². The maximum atomic E-state index is 11.7. The number of carbonyl (C=O) groups excluding carboxylic acids is 1. The van der Waals surface area contributed by atoms with Gasteiger partial charge in [-0.1, -0.05) is 19.4 Å². The summed E-state index contributed by atoms with van der Waals surface area (Å²) in [7, 11) is 1.41. The van der Waals surface area contributed by atoms with Crippen LogP contribution < -0.4 is 9.47 Å². The van der Waals surface area contributed by atoms with Crippen molar-refractivity contribution in [3.63, 3.8) is 0 Å². The highest BCUT2D eigenvalue weighted by molar-refractivity contribution is 5.78. The number of methoxy groups -OCH3 is 1. The van der Waals surface area contributed by atoms with Crippen LogP contribution in [0, 0.1) is 0 Å². The van der Waals surface area contributed by atoms with Crippen LogP contribution in [0.4, 0.5) is 0 Å². The van der Waals surface area contributed by atoms with Crippen LogP contribution in [0.25, 0.3) is 0 Å². The normalized spacial score (nSPS) is 14.5. The Morgan fingerprint density at radius 3 is 2.88 bits per heavy atom. The number of esters is 1. The molecule has 1 aromatic carbocycles. The van der Waals surface area contributed by atoms with E-state index in [-0.39, 0.29) is 18.7 Å². The molecule has 0 radical (unpaired) electrons. The summed E-state index contributed by atoms with van der Waals surface area (Å²) in [5, 5.41) is 0. The maximum absolute atomic E-state index is 11.7. The Morgan fingerprint density at radius 1 is 1.41 bits per heavy atom. The third kappa shape index (κ3) is 2.35. The van der Waals surface area contributed by atoms with Gasteiger partial charge in [0.1, 0.15) is 0 Å². The predicted molar refractivity (Wildman–Crippen MR) is 62.2 cm³/mol. The van der Waals surface area contributed by atoms with Crippen molar-refractivity contribution in [2.75, 3.05) is 13.9 Å². The fourth-order valence-corrected chi connectivity index (χ4v) is 1.98. The summed E-state index contributed by atoms with van der Waals surface area (Å²) < 4.78 is 15.4. The summed E-state index contributed by atoms with van der Waals surface area (Å²) in [6, 6.07) is 5.59. The van der Waals surface area contributed by atoms with Crippen molar-refractivity contribution in [3.8, 4) is 11.5 Å². The number of fused-ring (bicyclic) bond motifs is 1. The first-order valence-electron chi connectivity index (χ1n) is 5.73. The van der Waals surface area contributed by atoms with E-state index in [2.05, 4.69) is 0 Å². The standard InChI is InChI=1S/C13H16O4/c1-3-4-10(13(14)15-2)9-5-6-11-12(7-9)17-8-16-11/h5-7,10H,3-4,8H2,1-2H3. The van der Waals surface area contributed by atoms with Gasteiger partial charge in [-0.3, -0.25) is 4.79 Å². The summed E-state index contributed by atoms with van der Waals surface area (Å²) in [4.78, 5) is 11.7. The fourth-order valence-electron chi connectivity index (χ4n) is 1.98. The molecule has 0 saturated heterocycles. The van der Waals surface area contributed by atoms with Crippen LogP contribution in [0.3, 0.4) is 0 Å². The minimum absolute atomic E-state index is 0.203. The summed E-state index contributed by atoms with van der Waals surface area (Å²) >= 11 is 0. The lowest BCUT2D eigenvalue weighted by Gasteiger charge is -2.14. The molecule has 0 N–H and O–H groups in total. The van der Waals surface area contributed by atoms with E-state index in [1.54, 1.807) is 0 Å². The Kier molecular flexibility index (Phi) is 3.52. The van der Waals surface area contributed by atoms with Crippen LogP contribution in [0.2, 0.25) is 0 Å². The van der Waals surface area contributed by atoms with Gasteiger partial charge in [0.2, 0.25) is 6.79 Å². The number of rotatable bonds is 4. The summed E-state index contributed by atoms with van der Waals surface area (Å²) in [5.74, 6) is 1.01. The second-order valence-corrected chi connectivity index (χ2v) is 3.98. The van der Waals surface area contributed by atoms with Crippen molar-refractivity contribution in [3.05, 3.63) is 23.8 Å². The van der Waals surface area contributed by atoms with E-state index >= 15 is 0 Å². The molecule has 0 amide bonds. The average Bonchev–Trinajstić information content (AvgIpc) is 2.82. The molecule has 1 aliphatic rings. The molecule has 0 bridgehead atoms. The van der Waals surface area contributed by atoms with Gasteiger partial charge in [0.15, 0.2) is 11.5 Å². The highest BCUT2D eigenvalue weighted by Crippen LogP contribution is 2.35. The zero-order valence-electron chi connectivity index (χ0n) is 10.1. The largest absolute Gasteiger partial charge is 0.469 e. The Balaban J connectivity index is 2.26. The lowest BCUT2D eigenvalue weighted by Crippen LogP contribution is -2.14. The monoisotopic (exact) mass is 236 g/mol.